The van der Waals surface area contributed by atoms with Gasteiger partial charge in [0.05, 0.1) is 32.1 Å². The molecule has 0 saturated carbocycles. The monoisotopic (exact) mass is 393 g/mol. The third-order valence-corrected chi connectivity index (χ3v) is 5.63. The summed E-state index contributed by atoms with van der Waals surface area (Å²) in [4.78, 5) is 26.3. The summed E-state index contributed by atoms with van der Waals surface area (Å²) >= 11 is 0. The highest BCUT2D eigenvalue weighted by atomic mass is 16.5. The molecule has 2 aromatic carbocycles. The number of methoxy groups -OCH3 is 1. The first-order chi connectivity index (χ1) is 14.2. The van der Waals surface area contributed by atoms with Gasteiger partial charge in [0.15, 0.2) is 5.69 Å². The summed E-state index contributed by atoms with van der Waals surface area (Å²) in [5.41, 5.74) is 1.11. The number of hydrogen-bond acceptors (Lipinski definition) is 4. The number of nitrogens with one attached hydrogen (secondary N) is 3. The van der Waals surface area contributed by atoms with Gasteiger partial charge < -0.3 is 15.0 Å². The molecule has 0 spiro atoms. The van der Waals surface area contributed by atoms with Crippen LogP contribution in [0.15, 0.2) is 53.3 Å². The highest BCUT2D eigenvalue weighted by Crippen LogP contribution is 2.17. The predicted octanol–water partition coefficient (Wildman–Crippen LogP) is 1.08. The summed E-state index contributed by atoms with van der Waals surface area (Å²) in [6, 6.07) is 15.2. The Bertz CT molecular complexity index is 1060. The van der Waals surface area contributed by atoms with E-state index in [1.165, 1.54) is 23.3 Å². The molecule has 1 aromatic heterocycles. The Balaban J connectivity index is 1.56. The van der Waals surface area contributed by atoms with Gasteiger partial charge in [-0.3, -0.25) is 9.59 Å². The van der Waals surface area contributed by atoms with Crippen LogP contribution in [0.2, 0.25) is 0 Å². The molecular weight excluding hydrogens is 368 g/mol. The summed E-state index contributed by atoms with van der Waals surface area (Å²) < 4.78 is 5.27. The van der Waals surface area contributed by atoms with E-state index in [1.807, 2.05) is 12.1 Å². The molecule has 0 aliphatic carbocycles. The Hall–Kier alpha value is -3.19. The average molecular weight is 393 g/mol. The first kappa shape index (κ1) is 19.1. The molecular formula is C22H25N4O3+. The second kappa shape index (κ2) is 8.45. The van der Waals surface area contributed by atoms with Crippen molar-refractivity contribution in [2.24, 2.45) is 0 Å². The Morgan fingerprint density at radius 3 is 2.52 bits per heavy atom. The third-order valence-electron chi connectivity index (χ3n) is 5.63. The number of benzene rings is 2. The van der Waals surface area contributed by atoms with Crippen molar-refractivity contribution in [3.63, 3.8) is 0 Å². The van der Waals surface area contributed by atoms with Crippen LogP contribution >= 0.6 is 0 Å². The number of fused-ring (bicyclic) bond motifs is 1. The zero-order valence-electron chi connectivity index (χ0n) is 16.4. The Kier molecular flexibility index (Phi) is 5.57. The number of carbonyl (C=O) groups excluding carboxylic acids is 1. The summed E-state index contributed by atoms with van der Waals surface area (Å²) in [6.45, 7) is 2.68. The average Bonchev–Trinajstić information content (AvgIpc) is 3.29. The first-order valence-corrected chi connectivity index (χ1v) is 9.91. The lowest BCUT2D eigenvalue weighted by atomic mass is 10.0. The Labute approximate surface area is 168 Å². The van der Waals surface area contributed by atoms with Crippen LogP contribution in [0.4, 0.5) is 0 Å². The number of aromatic nitrogens is 2. The predicted molar refractivity (Wildman–Crippen MR) is 110 cm³/mol. The largest absolute Gasteiger partial charge is 0.497 e. The molecule has 29 heavy (non-hydrogen) atoms. The van der Waals surface area contributed by atoms with Gasteiger partial charge in [0.25, 0.3) is 11.5 Å². The maximum atomic E-state index is 12.9. The van der Waals surface area contributed by atoms with Crippen LogP contribution in [0.5, 0.6) is 5.75 Å². The Morgan fingerprint density at radius 1 is 1.14 bits per heavy atom. The minimum absolute atomic E-state index is 0.154. The number of rotatable bonds is 6. The van der Waals surface area contributed by atoms with Gasteiger partial charge in [0.1, 0.15) is 11.8 Å². The molecule has 3 N–H and O–H groups in total. The minimum Gasteiger partial charge on any atom is -0.497 e. The van der Waals surface area contributed by atoms with Crippen LogP contribution in [0.1, 0.15) is 34.9 Å². The van der Waals surface area contributed by atoms with Gasteiger partial charge in [-0.25, -0.2) is 5.10 Å². The Morgan fingerprint density at radius 2 is 1.83 bits per heavy atom. The summed E-state index contributed by atoms with van der Waals surface area (Å²) in [5, 5.41) is 10.5. The van der Waals surface area contributed by atoms with Gasteiger partial charge in [0.2, 0.25) is 0 Å². The highest BCUT2D eigenvalue weighted by molar-refractivity contribution is 6.04. The lowest BCUT2D eigenvalue weighted by molar-refractivity contribution is -0.918. The smallest absolute Gasteiger partial charge is 0.272 e. The summed E-state index contributed by atoms with van der Waals surface area (Å²) in [7, 11) is 1.65. The van der Waals surface area contributed by atoms with E-state index in [-0.39, 0.29) is 23.2 Å². The molecule has 2 heterocycles. The maximum absolute atomic E-state index is 12.9. The quantitative estimate of drug-likeness (QED) is 0.585. The lowest BCUT2D eigenvalue weighted by Gasteiger charge is -2.25. The van der Waals surface area contributed by atoms with Crippen molar-refractivity contribution in [2.75, 3.05) is 26.7 Å². The van der Waals surface area contributed by atoms with Crippen molar-refractivity contribution in [3.05, 3.63) is 70.1 Å². The fourth-order valence-corrected chi connectivity index (χ4v) is 4.08. The van der Waals surface area contributed by atoms with Crippen molar-refractivity contribution in [1.82, 2.24) is 15.5 Å². The van der Waals surface area contributed by atoms with Crippen LogP contribution in [0.25, 0.3) is 10.8 Å². The fraction of sp³-hybridized carbons (Fsp3) is 0.318. The van der Waals surface area contributed by atoms with E-state index in [0.717, 1.165) is 18.8 Å². The van der Waals surface area contributed by atoms with Gasteiger partial charge >= 0.3 is 0 Å². The molecule has 0 unspecified atom stereocenters. The van der Waals surface area contributed by atoms with E-state index >= 15 is 0 Å². The van der Waals surface area contributed by atoms with E-state index in [4.69, 9.17) is 4.74 Å². The van der Waals surface area contributed by atoms with Crippen molar-refractivity contribution in [2.45, 2.75) is 18.9 Å². The summed E-state index contributed by atoms with van der Waals surface area (Å²) in [6.07, 6.45) is 2.39. The van der Waals surface area contributed by atoms with E-state index < -0.39 is 0 Å². The second-order valence-electron chi connectivity index (χ2n) is 7.35. The van der Waals surface area contributed by atoms with Gasteiger partial charge in [-0.05, 0) is 30.3 Å². The van der Waals surface area contributed by atoms with E-state index in [2.05, 4.69) is 27.6 Å². The highest BCUT2D eigenvalue weighted by Gasteiger charge is 2.28. The lowest BCUT2D eigenvalue weighted by Crippen LogP contribution is -3.11. The number of carbonyl (C=O) groups is 1. The number of aromatic amines is 1. The molecule has 1 aliphatic rings. The van der Waals surface area contributed by atoms with Crippen LogP contribution < -0.4 is 20.5 Å². The molecule has 1 fully saturated rings. The van der Waals surface area contributed by atoms with Gasteiger partial charge in [-0.15, -0.1) is 0 Å². The number of amides is 1. The molecule has 0 bridgehead atoms. The molecule has 150 valence electrons. The molecule has 7 nitrogen and oxygen atoms in total. The van der Waals surface area contributed by atoms with Crippen molar-refractivity contribution in [3.8, 4) is 5.75 Å². The van der Waals surface area contributed by atoms with Crippen molar-refractivity contribution < 1.29 is 14.4 Å². The minimum atomic E-state index is -0.297. The molecule has 1 atom stereocenters. The topological polar surface area (TPSA) is 88.5 Å². The number of quaternary nitrogens is 1. The number of nitrogens with zero attached hydrogens (tertiary/aromatic N) is 1. The van der Waals surface area contributed by atoms with Gasteiger partial charge in [0, 0.05) is 23.8 Å². The van der Waals surface area contributed by atoms with Gasteiger partial charge in [-0.1, -0.05) is 18.2 Å². The number of H-pyrrole nitrogens is 1. The van der Waals surface area contributed by atoms with E-state index in [1.54, 1.807) is 31.4 Å². The number of likely N-dealkylation sites (tertiary alicyclic amines) is 1. The van der Waals surface area contributed by atoms with E-state index in [0.29, 0.717) is 17.3 Å². The standard InChI is InChI=1S/C22H24N4O3/c1-29-16-10-8-15(9-11-16)19(26-12-4-5-13-26)14-23-22(28)20-17-6-2-3-7-18(17)21(27)25-24-20/h2-3,6-11,19H,4-5,12-14H2,1H3,(H,23,28)(H,25,27)/p+1/t19-/m1/s1. The second-order valence-corrected chi connectivity index (χ2v) is 7.35. The van der Waals surface area contributed by atoms with Crippen LogP contribution in [0.3, 0.4) is 0 Å². The third kappa shape index (κ3) is 4.00. The zero-order valence-corrected chi connectivity index (χ0v) is 16.4. The van der Waals surface area contributed by atoms with Crippen LogP contribution in [0, 0.1) is 0 Å². The number of hydrogen-bond donors (Lipinski definition) is 3. The molecule has 1 amide bonds. The normalized spacial score (nSPS) is 15.3. The maximum Gasteiger partial charge on any atom is 0.272 e. The zero-order chi connectivity index (χ0) is 20.2. The fourth-order valence-electron chi connectivity index (χ4n) is 4.08. The van der Waals surface area contributed by atoms with E-state index in [9.17, 15) is 9.59 Å². The summed E-state index contributed by atoms with van der Waals surface area (Å²) in [5.74, 6) is 0.534. The molecule has 1 saturated heterocycles. The van der Waals surface area contributed by atoms with Gasteiger partial charge in [-0.2, -0.15) is 5.10 Å². The SMILES string of the molecule is COc1ccc([C@@H](CNC(=O)c2n[nH]c(=O)c3ccccc23)[NH+]2CCCC2)cc1. The molecule has 0 radical (unpaired) electrons. The molecule has 4 rings (SSSR count). The van der Waals surface area contributed by atoms with Crippen molar-refractivity contribution in [1.29, 1.82) is 0 Å². The molecule has 1 aliphatic heterocycles. The molecule has 3 aromatic rings. The molecule has 7 heteroatoms. The first-order valence-electron chi connectivity index (χ1n) is 9.91. The van der Waals surface area contributed by atoms with Crippen molar-refractivity contribution >= 4 is 16.7 Å². The van der Waals surface area contributed by atoms with Crippen LogP contribution in [-0.2, 0) is 0 Å². The van der Waals surface area contributed by atoms with Crippen LogP contribution in [-0.4, -0.2) is 42.8 Å². The number of ether oxygens (including phenoxy) is 1.